The van der Waals surface area contributed by atoms with E-state index in [1.165, 1.54) is 23.1 Å². The summed E-state index contributed by atoms with van der Waals surface area (Å²) in [4.78, 5) is 41.6. The van der Waals surface area contributed by atoms with Crippen LogP contribution in [0.5, 0.6) is 0 Å². The molecule has 0 unspecified atom stereocenters. The molecule has 198 valence electrons. The van der Waals surface area contributed by atoms with Gasteiger partial charge in [-0.25, -0.2) is 12.7 Å². The molecule has 0 aromatic heterocycles. The summed E-state index contributed by atoms with van der Waals surface area (Å²) in [5.74, 6) is -1.72. The SMILES string of the molecule is CCCNC(=O)[C@H](Cc1ccccc1)N(Cc1ccccc1C)C(=O)CN1C(=O)c2ccccc2S1(=O)=O. The van der Waals surface area contributed by atoms with Crippen LogP contribution in [0.4, 0.5) is 0 Å². The predicted octanol–water partition coefficient (Wildman–Crippen LogP) is 3.31. The number of nitrogens with one attached hydrogen (secondary N) is 1. The van der Waals surface area contributed by atoms with Crippen LogP contribution in [0, 0.1) is 6.92 Å². The van der Waals surface area contributed by atoms with E-state index in [0.717, 1.165) is 16.7 Å². The number of carbonyl (C=O) groups excluding carboxylic acids is 3. The molecule has 0 saturated carbocycles. The summed E-state index contributed by atoms with van der Waals surface area (Å²) < 4.78 is 26.9. The van der Waals surface area contributed by atoms with E-state index >= 15 is 0 Å². The maximum atomic E-state index is 13.9. The fourth-order valence-corrected chi connectivity index (χ4v) is 6.01. The Kier molecular flexibility index (Phi) is 8.26. The predicted molar refractivity (Wildman–Crippen MR) is 144 cm³/mol. The van der Waals surface area contributed by atoms with Crippen LogP contribution in [-0.2, 0) is 32.6 Å². The summed E-state index contributed by atoms with van der Waals surface area (Å²) in [5.41, 5.74) is 2.63. The molecule has 1 aliphatic rings. The normalized spacial score (nSPS) is 14.6. The topological polar surface area (TPSA) is 104 Å². The first-order valence-electron chi connectivity index (χ1n) is 12.6. The lowest BCUT2D eigenvalue weighted by Gasteiger charge is -2.33. The molecule has 8 nitrogen and oxygen atoms in total. The van der Waals surface area contributed by atoms with Crippen molar-refractivity contribution >= 4 is 27.7 Å². The number of carbonyl (C=O) groups is 3. The molecule has 9 heteroatoms. The molecule has 0 saturated heterocycles. The van der Waals surface area contributed by atoms with E-state index in [2.05, 4.69) is 5.32 Å². The molecule has 3 aromatic rings. The maximum absolute atomic E-state index is 13.9. The van der Waals surface area contributed by atoms with Crippen molar-refractivity contribution in [3.8, 4) is 0 Å². The van der Waals surface area contributed by atoms with Gasteiger partial charge in [-0.15, -0.1) is 0 Å². The molecule has 0 radical (unpaired) electrons. The molecule has 3 amide bonds. The van der Waals surface area contributed by atoms with Gasteiger partial charge in [-0.05, 0) is 42.2 Å². The molecule has 0 bridgehead atoms. The molecule has 1 aliphatic heterocycles. The minimum absolute atomic E-state index is 0.0345. The van der Waals surface area contributed by atoms with Crippen molar-refractivity contribution in [1.29, 1.82) is 0 Å². The highest BCUT2D eigenvalue weighted by molar-refractivity contribution is 7.90. The van der Waals surface area contributed by atoms with E-state index in [0.29, 0.717) is 17.3 Å². The zero-order valence-electron chi connectivity index (χ0n) is 21.5. The second-order valence-corrected chi connectivity index (χ2v) is 11.1. The van der Waals surface area contributed by atoms with Crippen molar-refractivity contribution in [3.05, 3.63) is 101 Å². The van der Waals surface area contributed by atoms with Gasteiger partial charge < -0.3 is 10.2 Å². The Bertz CT molecular complexity index is 1440. The highest BCUT2D eigenvalue weighted by Gasteiger charge is 2.43. The average Bonchev–Trinajstić information content (AvgIpc) is 3.11. The molecule has 0 fully saturated rings. The number of hydrogen-bond donors (Lipinski definition) is 1. The van der Waals surface area contributed by atoms with Crippen molar-refractivity contribution in [1.82, 2.24) is 14.5 Å². The van der Waals surface area contributed by atoms with Crippen LogP contribution in [0.25, 0.3) is 0 Å². The quantitative estimate of drug-likeness (QED) is 0.431. The van der Waals surface area contributed by atoms with Crippen LogP contribution < -0.4 is 5.32 Å². The van der Waals surface area contributed by atoms with Crippen molar-refractivity contribution in [2.75, 3.05) is 13.1 Å². The van der Waals surface area contributed by atoms with E-state index in [1.807, 2.05) is 68.4 Å². The van der Waals surface area contributed by atoms with Gasteiger partial charge in [-0.1, -0.05) is 73.7 Å². The first-order chi connectivity index (χ1) is 18.2. The highest BCUT2D eigenvalue weighted by Crippen LogP contribution is 2.30. The Labute approximate surface area is 223 Å². The molecule has 0 spiro atoms. The number of benzene rings is 3. The Hall–Kier alpha value is -3.98. The van der Waals surface area contributed by atoms with Gasteiger partial charge in [-0.2, -0.15) is 0 Å². The summed E-state index contributed by atoms with van der Waals surface area (Å²) >= 11 is 0. The van der Waals surface area contributed by atoms with Gasteiger partial charge in [-0.3, -0.25) is 14.4 Å². The first-order valence-corrected chi connectivity index (χ1v) is 14.0. The highest BCUT2D eigenvalue weighted by atomic mass is 32.2. The van der Waals surface area contributed by atoms with Crippen molar-refractivity contribution in [2.24, 2.45) is 0 Å². The number of sulfonamides is 1. The minimum atomic E-state index is -4.19. The number of rotatable bonds is 10. The van der Waals surface area contributed by atoms with E-state index < -0.39 is 34.4 Å². The van der Waals surface area contributed by atoms with Gasteiger partial charge in [0.05, 0.1) is 5.56 Å². The number of nitrogens with zero attached hydrogens (tertiary/aromatic N) is 2. The Balaban J connectivity index is 1.71. The lowest BCUT2D eigenvalue weighted by Crippen LogP contribution is -2.53. The van der Waals surface area contributed by atoms with Crippen LogP contribution in [0.1, 0.15) is 40.4 Å². The third-order valence-electron chi connectivity index (χ3n) is 6.61. The summed E-state index contributed by atoms with van der Waals surface area (Å²) in [7, 11) is -4.19. The van der Waals surface area contributed by atoms with Crippen LogP contribution in [0.2, 0.25) is 0 Å². The molecule has 0 aliphatic carbocycles. The third-order valence-corrected chi connectivity index (χ3v) is 8.40. The van der Waals surface area contributed by atoms with Crippen molar-refractivity contribution in [2.45, 2.75) is 44.2 Å². The monoisotopic (exact) mass is 533 g/mol. The molecule has 1 atom stereocenters. The van der Waals surface area contributed by atoms with Gasteiger partial charge >= 0.3 is 0 Å². The number of hydrogen-bond acceptors (Lipinski definition) is 5. The standard InChI is InChI=1S/C29H31N3O5S/c1-3-17-30-28(34)25(18-22-12-5-4-6-13-22)31(19-23-14-8-7-11-21(23)2)27(33)20-32-29(35)24-15-9-10-16-26(24)38(32,36)37/h4-16,25H,3,17-20H2,1-2H3,(H,30,34)/t25-/m0/s1. The fourth-order valence-electron chi connectivity index (χ4n) is 4.49. The van der Waals surface area contributed by atoms with Gasteiger partial charge in [0.15, 0.2) is 0 Å². The summed E-state index contributed by atoms with van der Waals surface area (Å²) in [5, 5.41) is 2.89. The lowest BCUT2D eigenvalue weighted by atomic mass is 10.0. The van der Waals surface area contributed by atoms with E-state index in [4.69, 9.17) is 0 Å². The van der Waals surface area contributed by atoms with Crippen LogP contribution in [0.3, 0.4) is 0 Å². The molecule has 3 aromatic carbocycles. The molecular weight excluding hydrogens is 502 g/mol. The van der Waals surface area contributed by atoms with Crippen LogP contribution in [0.15, 0.2) is 83.8 Å². The zero-order valence-corrected chi connectivity index (χ0v) is 22.3. The maximum Gasteiger partial charge on any atom is 0.269 e. The minimum Gasteiger partial charge on any atom is -0.354 e. The zero-order chi connectivity index (χ0) is 27.3. The summed E-state index contributed by atoms with van der Waals surface area (Å²) in [6.07, 6.45) is 0.948. The van der Waals surface area contributed by atoms with Crippen LogP contribution in [-0.4, -0.2) is 54.5 Å². The second-order valence-electron chi connectivity index (χ2n) is 9.26. The van der Waals surface area contributed by atoms with Crippen molar-refractivity contribution < 1.29 is 22.8 Å². The molecule has 38 heavy (non-hydrogen) atoms. The van der Waals surface area contributed by atoms with Gasteiger partial charge in [0.25, 0.3) is 15.9 Å². The molecule has 1 N–H and O–H groups in total. The fraction of sp³-hybridized carbons (Fsp3) is 0.276. The summed E-state index contributed by atoms with van der Waals surface area (Å²) in [6, 6.07) is 21.8. The van der Waals surface area contributed by atoms with Crippen LogP contribution >= 0.6 is 0 Å². The van der Waals surface area contributed by atoms with Gasteiger partial charge in [0.2, 0.25) is 11.8 Å². The third kappa shape index (κ3) is 5.62. The molecule has 4 rings (SSSR count). The number of amides is 3. The Morgan fingerprint density at radius 2 is 1.61 bits per heavy atom. The molecule has 1 heterocycles. The van der Waals surface area contributed by atoms with E-state index in [9.17, 15) is 22.8 Å². The molecular formula is C29H31N3O5S. The average molecular weight is 534 g/mol. The van der Waals surface area contributed by atoms with Gasteiger partial charge in [0, 0.05) is 19.5 Å². The van der Waals surface area contributed by atoms with E-state index in [-0.39, 0.29) is 29.3 Å². The Morgan fingerprint density at radius 3 is 2.29 bits per heavy atom. The Morgan fingerprint density at radius 1 is 0.947 bits per heavy atom. The van der Waals surface area contributed by atoms with Crippen molar-refractivity contribution in [3.63, 3.8) is 0 Å². The lowest BCUT2D eigenvalue weighted by molar-refractivity contribution is -0.141. The van der Waals surface area contributed by atoms with E-state index in [1.54, 1.807) is 6.07 Å². The number of fused-ring (bicyclic) bond motifs is 1. The summed E-state index contributed by atoms with van der Waals surface area (Å²) in [6.45, 7) is 3.66. The second kappa shape index (κ2) is 11.6. The number of aryl methyl sites for hydroxylation is 1. The smallest absolute Gasteiger partial charge is 0.269 e. The van der Waals surface area contributed by atoms with Gasteiger partial charge in [0.1, 0.15) is 17.5 Å². The largest absolute Gasteiger partial charge is 0.354 e. The first kappa shape index (κ1) is 27.1.